The lowest BCUT2D eigenvalue weighted by Gasteiger charge is -2.26. The maximum Gasteiger partial charge on any atom is 0.170 e. The second-order valence-electron chi connectivity index (χ2n) is 5.96. The fraction of sp³-hybridized carbons (Fsp3) is 0.588. The number of aryl methyl sites for hydroxylation is 2. The third-order valence-corrected chi connectivity index (χ3v) is 4.27. The van der Waals surface area contributed by atoms with Crippen molar-refractivity contribution in [2.24, 2.45) is 0 Å². The zero-order valence-electron chi connectivity index (χ0n) is 13.2. The van der Waals surface area contributed by atoms with E-state index < -0.39 is 0 Å². The van der Waals surface area contributed by atoms with Crippen LogP contribution in [-0.4, -0.2) is 36.2 Å². The van der Waals surface area contributed by atoms with Crippen LogP contribution < -0.4 is 10.6 Å². The number of nitrogens with zero attached hydrogens (tertiary/aromatic N) is 1. The first-order valence-corrected chi connectivity index (χ1v) is 8.40. The quantitative estimate of drug-likeness (QED) is 0.643. The molecule has 0 bridgehead atoms. The van der Waals surface area contributed by atoms with Gasteiger partial charge in [-0.1, -0.05) is 18.6 Å². The van der Waals surface area contributed by atoms with Crippen LogP contribution in [0.1, 0.15) is 36.8 Å². The van der Waals surface area contributed by atoms with Gasteiger partial charge in [0.15, 0.2) is 5.11 Å². The Kier molecular flexibility index (Phi) is 6.46. The summed E-state index contributed by atoms with van der Waals surface area (Å²) >= 11 is 5.37. The first-order chi connectivity index (χ1) is 10.1. The molecule has 1 saturated heterocycles. The van der Waals surface area contributed by atoms with Crippen molar-refractivity contribution in [3.8, 4) is 0 Å². The summed E-state index contributed by atoms with van der Waals surface area (Å²) in [6.45, 7) is 8.85. The van der Waals surface area contributed by atoms with Crippen LogP contribution in [0.5, 0.6) is 0 Å². The predicted molar refractivity (Wildman–Crippen MR) is 95.0 cm³/mol. The van der Waals surface area contributed by atoms with E-state index in [1.54, 1.807) is 0 Å². The fourth-order valence-electron chi connectivity index (χ4n) is 2.72. The standard InChI is InChI=1S/C17H27N3S/c1-14-7-8-15(2)16(13-14)19-17(21)18-9-6-12-20-10-4-3-5-11-20/h7-8,13H,3-6,9-12H2,1-2H3,(H2,18,19,21). The van der Waals surface area contributed by atoms with Gasteiger partial charge in [0.25, 0.3) is 0 Å². The van der Waals surface area contributed by atoms with Crippen LogP contribution in [0.4, 0.5) is 5.69 Å². The zero-order chi connectivity index (χ0) is 15.1. The van der Waals surface area contributed by atoms with Gasteiger partial charge in [0.05, 0.1) is 0 Å². The lowest BCUT2D eigenvalue weighted by atomic mass is 10.1. The van der Waals surface area contributed by atoms with Gasteiger partial charge in [0.1, 0.15) is 0 Å². The van der Waals surface area contributed by atoms with Crippen LogP contribution in [0.2, 0.25) is 0 Å². The largest absolute Gasteiger partial charge is 0.362 e. The van der Waals surface area contributed by atoms with E-state index in [1.165, 1.54) is 50.0 Å². The molecule has 0 saturated carbocycles. The second kappa shape index (κ2) is 8.35. The number of nitrogens with one attached hydrogen (secondary N) is 2. The van der Waals surface area contributed by atoms with Crippen LogP contribution in [0.15, 0.2) is 18.2 Å². The topological polar surface area (TPSA) is 27.3 Å². The number of benzene rings is 1. The third kappa shape index (κ3) is 5.64. The van der Waals surface area contributed by atoms with Gasteiger partial charge in [0.2, 0.25) is 0 Å². The van der Waals surface area contributed by atoms with E-state index in [1.807, 2.05) is 0 Å². The van der Waals surface area contributed by atoms with Crippen molar-refractivity contribution < 1.29 is 0 Å². The number of rotatable bonds is 5. The van der Waals surface area contributed by atoms with Gasteiger partial charge < -0.3 is 15.5 Å². The zero-order valence-corrected chi connectivity index (χ0v) is 14.1. The maximum atomic E-state index is 5.37. The van der Waals surface area contributed by atoms with Crippen molar-refractivity contribution >= 4 is 23.0 Å². The van der Waals surface area contributed by atoms with Gasteiger partial charge in [-0.05, 0) is 82.2 Å². The molecular weight excluding hydrogens is 278 g/mol. The second-order valence-corrected chi connectivity index (χ2v) is 6.36. The summed E-state index contributed by atoms with van der Waals surface area (Å²) in [5, 5.41) is 7.33. The molecule has 0 atom stereocenters. The van der Waals surface area contributed by atoms with Crippen LogP contribution in [0.25, 0.3) is 0 Å². The number of piperidine rings is 1. The molecule has 1 aliphatic rings. The lowest BCUT2D eigenvalue weighted by Crippen LogP contribution is -2.34. The van der Waals surface area contributed by atoms with E-state index in [2.05, 4.69) is 47.6 Å². The predicted octanol–water partition coefficient (Wildman–Crippen LogP) is 3.47. The number of anilines is 1. The summed E-state index contributed by atoms with van der Waals surface area (Å²) in [6, 6.07) is 6.38. The van der Waals surface area contributed by atoms with E-state index in [9.17, 15) is 0 Å². The van der Waals surface area contributed by atoms with Gasteiger partial charge >= 0.3 is 0 Å². The van der Waals surface area contributed by atoms with Crippen LogP contribution in [-0.2, 0) is 0 Å². The first-order valence-electron chi connectivity index (χ1n) is 7.99. The van der Waals surface area contributed by atoms with Crippen LogP contribution in [0, 0.1) is 13.8 Å². The molecule has 0 aliphatic carbocycles. The van der Waals surface area contributed by atoms with Crippen molar-refractivity contribution in [3.05, 3.63) is 29.3 Å². The molecule has 1 aliphatic heterocycles. The fourth-order valence-corrected chi connectivity index (χ4v) is 2.94. The molecule has 0 unspecified atom stereocenters. The van der Waals surface area contributed by atoms with Crippen molar-refractivity contribution in [1.29, 1.82) is 0 Å². The Morgan fingerprint density at radius 2 is 1.95 bits per heavy atom. The summed E-state index contributed by atoms with van der Waals surface area (Å²) in [5.41, 5.74) is 3.57. The van der Waals surface area contributed by atoms with Gasteiger partial charge in [-0.2, -0.15) is 0 Å². The monoisotopic (exact) mass is 305 g/mol. The number of hydrogen-bond acceptors (Lipinski definition) is 2. The summed E-state index contributed by atoms with van der Waals surface area (Å²) in [4.78, 5) is 2.56. The molecule has 1 fully saturated rings. The van der Waals surface area contributed by atoms with Gasteiger partial charge in [-0.25, -0.2) is 0 Å². The van der Waals surface area contributed by atoms with E-state index in [4.69, 9.17) is 12.2 Å². The Hall–Kier alpha value is -1.13. The molecule has 0 spiro atoms. The highest BCUT2D eigenvalue weighted by Crippen LogP contribution is 2.16. The average molecular weight is 305 g/mol. The normalized spacial score (nSPS) is 15.7. The molecule has 3 nitrogen and oxygen atoms in total. The molecular formula is C17H27N3S. The molecule has 21 heavy (non-hydrogen) atoms. The highest BCUT2D eigenvalue weighted by atomic mass is 32.1. The summed E-state index contributed by atoms with van der Waals surface area (Å²) in [5.74, 6) is 0. The van der Waals surface area contributed by atoms with Crippen molar-refractivity contribution in [3.63, 3.8) is 0 Å². The van der Waals surface area contributed by atoms with Crippen molar-refractivity contribution in [1.82, 2.24) is 10.2 Å². The molecule has 0 amide bonds. The number of thiocarbonyl (C=S) groups is 1. The van der Waals surface area contributed by atoms with Crippen molar-refractivity contribution in [2.45, 2.75) is 39.5 Å². The molecule has 1 aromatic carbocycles. The van der Waals surface area contributed by atoms with Crippen molar-refractivity contribution in [2.75, 3.05) is 31.5 Å². The summed E-state index contributed by atoms with van der Waals surface area (Å²) < 4.78 is 0. The first kappa shape index (κ1) is 16.2. The molecule has 4 heteroatoms. The SMILES string of the molecule is Cc1ccc(C)c(NC(=S)NCCCN2CCCCC2)c1. The molecule has 116 valence electrons. The van der Waals surface area contributed by atoms with Crippen LogP contribution >= 0.6 is 12.2 Å². The molecule has 0 aromatic heterocycles. The molecule has 0 radical (unpaired) electrons. The summed E-state index contributed by atoms with van der Waals surface area (Å²) in [7, 11) is 0. The third-order valence-electron chi connectivity index (χ3n) is 4.03. The number of likely N-dealkylation sites (tertiary alicyclic amines) is 1. The Balaban J connectivity index is 1.66. The minimum absolute atomic E-state index is 0.724. The van der Waals surface area contributed by atoms with E-state index in [-0.39, 0.29) is 0 Å². The average Bonchev–Trinajstić information content (AvgIpc) is 2.48. The Bertz CT molecular complexity index is 467. The van der Waals surface area contributed by atoms with Gasteiger partial charge in [0, 0.05) is 12.2 Å². The highest BCUT2D eigenvalue weighted by molar-refractivity contribution is 7.80. The minimum Gasteiger partial charge on any atom is -0.362 e. The van der Waals surface area contributed by atoms with E-state index in [0.717, 1.165) is 23.8 Å². The lowest BCUT2D eigenvalue weighted by molar-refractivity contribution is 0.227. The van der Waals surface area contributed by atoms with Crippen LogP contribution in [0.3, 0.4) is 0 Å². The Morgan fingerprint density at radius 3 is 2.71 bits per heavy atom. The number of hydrogen-bond donors (Lipinski definition) is 2. The van der Waals surface area contributed by atoms with E-state index >= 15 is 0 Å². The summed E-state index contributed by atoms with van der Waals surface area (Å²) in [6.07, 6.45) is 5.27. The van der Waals surface area contributed by atoms with E-state index in [0.29, 0.717) is 0 Å². The molecule has 1 heterocycles. The van der Waals surface area contributed by atoms with Gasteiger partial charge in [-0.15, -0.1) is 0 Å². The Morgan fingerprint density at radius 1 is 1.19 bits per heavy atom. The minimum atomic E-state index is 0.724. The molecule has 2 N–H and O–H groups in total. The highest BCUT2D eigenvalue weighted by Gasteiger charge is 2.09. The molecule has 1 aromatic rings. The Labute approximate surface area is 134 Å². The maximum absolute atomic E-state index is 5.37. The molecule has 2 rings (SSSR count). The van der Waals surface area contributed by atoms with Gasteiger partial charge in [-0.3, -0.25) is 0 Å². The smallest absolute Gasteiger partial charge is 0.170 e.